The molecule has 0 saturated heterocycles. The lowest BCUT2D eigenvalue weighted by Crippen LogP contribution is -2.25. The van der Waals surface area contributed by atoms with Crippen molar-refractivity contribution in [2.24, 2.45) is 0 Å². The fraction of sp³-hybridized carbons (Fsp3) is 0.400. The van der Waals surface area contributed by atoms with Gasteiger partial charge in [0.25, 0.3) is 0 Å². The Bertz CT molecular complexity index is 3980. The molecule has 0 atom stereocenters. The molecule has 13 aromatic rings. The molecule has 2 heterocycles. The van der Waals surface area contributed by atoms with Crippen LogP contribution in [0.4, 0.5) is 0 Å². The van der Waals surface area contributed by atoms with Gasteiger partial charge in [-0.2, -0.15) is 0 Å². The quantitative estimate of drug-likeness (QED) is 0.122. The number of benzene rings is 11. The van der Waals surface area contributed by atoms with Crippen LogP contribution in [-0.2, 0) is 25.2 Å². The summed E-state index contributed by atoms with van der Waals surface area (Å²) in [5.74, 6) is 0. The fourth-order valence-corrected chi connectivity index (χ4v) is 13.5. The highest BCUT2D eigenvalue weighted by Gasteiger charge is 2.51. The molecule has 0 aliphatic heterocycles. The predicted octanol–water partition coefficient (Wildman–Crippen LogP) is 32.4. The zero-order valence-electron chi connectivity index (χ0n) is 79.5. The van der Waals surface area contributed by atoms with E-state index in [4.69, 9.17) is 0 Å². The third kappa shape index (κ3) is 29.8. The second-order valence-corrected chi connectivity index (χ2v) is 24.4. The molecule has 634 valence electrons. The van der Waals surface area contributed by atoms with E-state index < -0.39 is 0 Å². The molecular weight excluding hydrogens is 1410 g/mol. The van der Waals surface area contributed by atoms with Crippen LogP contribution in [0.25, 0.3) is 77.0 Å². The van der Waals surface area contributed by atoms with Crippen molar-refractivity contribution >= 4 is 43.6 Å². The number of hydrogen-bond donors (Lipinski definition) is 0. The maximum absolute atomic E-state index is 2.44. The van der Waals surface area contributed by atoms with Gasteiger partial charge in [0.15, 0.2) is 0 Å². The van der Waals surface area contributed by atoms with E-state index >= 15 is 0 Å². The maximum Gasteiger partial charge on any atom is 0.0756 e. The molecule has 6 heteroatoms. The van der Waals surface area contributed by atoms with Gasteiger partial charge in [0.05, 0.1) is 40.8 Å². The van der Waals surface area contributed by atoms with Gasteiger partial charge in [-0.25, -0.2) is 0 Å². The molecular formula is C110H164N6. The van der Waals surface area contributed by atoms with Crippen molar-refractivity contribution < 1.29 is 0 Å². The molecule has 0 saturated carbocycles. The number of aromatic nitrogens is 2. The molecule has 16 rings (SSSR count). The lowest BCUT2D eigenvalue weighted by molar-refractivity contribution is 0.249. The van der Waals surface area contributed by atoms with Crippen LogP contribution in [0.2, 0.25) is 0 Å². The van der Waals surface area contributed by atoms with E-state index in [0.29, 0.717) is 0 Å². The first kappa shape index (κ1) is 109. The Labute approximate surface area is 713 Å². The number of fused-ring (bicyclic) bond motifs is 19. The SMILES string of the molecule is CC.CC.CC.CC.CC.CC.CC.CC.CC.CC.CC.CCN(C)CC.CCN(C)CC.CCN(CC)Cn1c2ccccc2c2ccccc21.CCN(CC)Cn1c2ccccc2c2ccccc21.c1ccc2c(c1)-c1ccccc1C21c2ccccc2-c2ccccc21.c1ccc2c(c1)Cc1ccccc1-2.c1ccccc1. The summed E-state index contributed by atoms with van der Waals surface area (Å²) in [4.78, 5) is 9.39. The Morgan fingerprint density at radius 3 is 0.595 bits per heavy atom. The summed E-state index contributed by atoms with van der Waals surface area (Å²) in [6.45, 7) is 72.4. The standard InChI is InChI=1S/C25H16.2C17H20N2.C13H10.C6H6.2C5H13N.11C2H6/c1-5-13-21-17(9-1)18-10-2-6-14-22(18)25(21)23-15-7-3-11-19(23)20-12-4-8-16-24(20)25;2*1-3-18(4-2)13-19-16-11-7-5-9-14(16)15-10-6-8-12-17(15)19;1-3-7-12-10(5-1)9-11-6-2-4-8-13(11)12;1-2-4-6-5-3-1;2*1-4-6(3)5-2;11*1-2/h1-16H;2*5-12H,3-4,13H2,1-2H3;1-8H,9H2;1-6H;2*4-5H2,1-3H3;11*1-2H3. The molecule has 6 nitrogen and oxygen atoms in total. The second kappa shape index (κ2) is 66.9. The van der Waals surface area contributed by atoms with Crippen molar-refractivity contribution in [1.82, 2.24) is 28.7 Å². The van der Waals surface area contributed by atoms with Gasteiger partial charge in [-0.1, -0.05) is 462 Å². The molecule has 0 amide bonds. The minimum atomic E-state index is -0.180. The van der Waals surface area contributed by atoms with Crippen molar-refractivity contribution in [3.05, 3.63) is 312 Å². The van der Waals surface area contributed by atoms with Gasteiger partial charge in [0, 0.05) is 21.5 Å². The molecule has 116 heavy (non-hydrogen) atoms. The first-order chi connectivity index (χ1) is 57.2. The Hall–Kier alpha value is -9.14. The first-order valence-electron chi connectivity index (χ1n) is 45.5. The van der Waals surface area contributed by atoms with E-state index in [2.05, 4.69) is 341 Å². The summed E-state index contributed by atoms with van der Waals surface area (Å²) in [6.07, 6.45) is 1.10. The molecule has 0 fully saturated rings. The van der Waals surface area contributed by atoms with Gasteiger partial charge >= 0.3 is 0 Å². The molecule has 2 aromatic heterocycles. The fourth-order valence-electron chi connectivity index (χ4n) is 13.5. The van der Waals surface area contributed by atoms with E-state index in [-0.39, 0.29) is 5.41 Å². The van der Waals surface area contributed by atoms with E-state index in [9.17, 15) is 0 Å². The van der Waals surface area contributed by atoms with Gasteiger partial charge in [-0.15, -0.1) is 0 Å². The molecule has 1 spiro atoms. The highest BCUT2D eigenvalue weighted by molar-refractivity contribution is 6.09. The first-order valence-corrected chi connectivity index (χ1v) is 45.5. The Balaban J connectivity index is 0. The predicted molar refractivity (Wildman–Crippen MR) is 531 cm³/mol. The summed E-state index contributed by atoms with van der Waals surface area (Å²) in [7, 11) is 4.22. The molecule has 3 aliphatic rings. The van der Waals surface area contributed by atoms with Crippen LogP contribution in [0, 0.1) is 0 Å². The van der Waals surface area contributed by atoms with Gasteiger partial charge in [0.1, 0.15) is 0 Å². The molecule has 0 N–H and O–H groups in total. The van der Waals surface area contributed by atoms with Crippen molar-refractivity contribution in [3.8, 4) is 33.4 Å². The number of rotatable bonds is 12. The van der Waals surface area contributed by atoms with Gasteiger partial charge in [0.2, 0.25) is 0 Å². The Morgan fingerprint density at radius 1 is 0.216 bits per heavy atom. The molecule has 0 unspecified atom stereocenters. The number of nitrogens with zero attached hydrogens (tertiary/aromatic N) is 6. The zero-order chi connectivity index (χ0) is 87.8. The van der Waals surface area contributed by atoms with Gasteiger partial charge in [-0.05, 0) is 164 Å². The van der Waals surface area contributed by atoms with Gasteiger partial charge in [-0.3, -0.25) is 9.80 Å². The maximum atomic E-state index is 2.44. The highest BCUT2D eigenvalue weighted by atomic mass is 15.2. The Morgan fingerprint density at radius 2 is 0.397 bits per heavy atom. The smallest absolute Gasteiger partial charge is 0.0756 e. The van der Waals surface area contributed by atoms with Crippen LogP contribution in [0.1, 0.15) is 241 Å². The third-order valence-electron chi connectivity index (χ3n) is 19.3. The van der Waals surface area contributed by atoms with E-state index in [1.165, 1.54) is 110 Å². The van der Waals surface area contributed by atoms with Crippen LogP contribution in [0.15, 0.2) is 279 Å². The van der Waals surface area contributed by atoms with E-state index in [1.54, 1.807) is 0 Å². The van der Waals surface area contributed by atoms with Crippen LogP contribution < -0.4 is 0 Å². The average Bonchev–Trinajstić information content (AvgIpc) is 1.51. The van der Waals surface area contributed by atoms with Crippen molar-refractivity contribution in [1.29, 1.82) is 0 Å². The summed E-state index contributed by atoms with van der Waals surface area (Å²) < 4.78 is 4.86. The molecule has 3 aliphatic carbocycles. The lowest BCUT2D eigenvalue weighted by Gasteiger charge is -2.30. The van der Waals surface area contributed by atoms with Crippen molar-refractivity contribution in [3.63, 3.8) is 0 Å². The zero-order valence-corrected chi connectivity index (χ0v) is 79.5. The number of para-hydroxylation sites is 4. The summed E-state index contributed by atoms with van der Waals surface area (Å²) in [5.41, 5.74) is 22.0. The Kier molecular flexibility index (Phi) is 62.9. The van der Waals surface area contributed by atoms with Gasteiger partial charge < -0.3 is 18.9 Å². The topological polar surface area (TPSA) is 22.8 Å². The number of hydrogen-bond acceptors (Lipinski definition) is 4. The minimum Gasteiger partial charge on any atom is -0.327 e. The third-order valence-corrected chi connectivity index (χ3v) is 19.3. The van der Waals surface area contributed by atoms with Crippen LogP contribution in [0.5, 0.6) is 0 Å². The van der Waals surface area contributed by atoms with Crippen LogP contribution in [0.3, 0.4) is 0 Å². The average molecular weight is 1570 g/mol. The van der Waals surface area contributed by atoms with Crippen molar-refractivity contribution in [2.45, 2.75) is 233 Å². The molecule has 0 bridgehead atoms. The largest absolute Gasteiger partial charge is 0.327 e. The summed E-state index contributed by atoms with van der Waals surface area (Å²) in [5, 5.41) is 5.41. The second-order valence-electron chi connectivity index (χ2n) is 24.4. The van der Waals surface area contributed by atoms with E-state index in [0.717, 1.165) is 72.1 Å². The van der Waals surface area contributed by atoms with E-state index in [1.807, 2.05) is 189 Å². The normalized spacial score (nSPS) is 10.4. The lowest BCUT2D eigenvalue weighted by atomic mass is 9.70. The summed E-state index contributed by atoms with van der Waals surface area (Å²) in [6, 6.07) is 99.7. The highest BCUT2D eigenvalue weighted by Crippen LogP contribution is 2.62. The summed E-state index contributed by atoms with van der Waals surface area (Å²) >= 11 is 0. The van der Waals surface area contributed by atoms with Crippen molar-refractivity contribution in [2.75, 3.05) is 66.5 Å². The minimum absolute atomic E-state index is 0.180. The monoisotopic (exact) mass is 1570 g/mol. The molecule has 0 radical (unpaired) electrons. The van der Waals surface area contributed by atoms with Crippen LogP contribution in [-0.4, -0.2) is 95.2 Å². The molecule has 11 aromatic carbocycles. The van der Waals surface area contributed by atoms with Crippen LogP contribution >= 0.6 is 0 Å².